The van der Waals surface area contributed by atoms with Crippen LogP contribution in [0, 0.1) is 0 Å². The summed E-state index contributed by atoms with van der Waals surface area (Å²) in [7, 11) is 0. The largest absolute Gasteiger partial charge is 0.490 e. The molecule has 4 heteroatoms. The van der Waals surface area contributed by atoms with E-state index in [-0.39, 0.29) is 17.5 Å². The molecule has 4 nitrogen and oxygen atoms in total. The van der Waals surface area contributed by atoms with Crippen LogP contribution in [0.15, 0.2) is 29.3 Å². The first-order valence-corrected chi connectivity index (χ1v) is 6.71. The normalized spacial score (nSPS) is 18.9. The van der Waals surface area contributed by atoms with Crippen molar-refractivity contribution in [2.45, 2.75) is 38.7 Å². The fourth-order valence-corrected chi connectivity index (χ4v) is 1.92. The van der Waals surface area contributed by atoms with E-state index in [4.69, 9.17) is 15.2 Å². The van der Waals surface area contributed by atoms with Gasteiger partial charge in [-0.3, -0.25) is 0 Å². The van der Waals surface area contributed by atoms with Gasteiger partial charge in [0, 0.05) is 0 Å². The van der Waals surface area contributed by atoms with Gasteiger partial charge >= 0.3 is 0 Å². The van der Waals surface area contributed by atoms with E-state index in [1.54, 1.807) is 0 Å². The second kappa shape index (κ2) is 5.51. The average Bonchev–Trinajstić information content (AvgIpc) is 2.83. The quantitative estimate of drug-likeness (QED) is 0.886. The second-order valence-corrected chi connectivity index (χ2v) is 5.49. The van der Waals surface area contributed by atoms with E-state index in [1.165, 1.54) is 5.56 Å². The van der Waals surface area contributed by atoms with Crippen LogP contribution in [0.3, 0.4) is 0 Å². The number of hydrogen-bond donors (Lipinski definition) is 1. The van der Waals surface area contributed by atoms with E-state index in [2.05, 4.69) is 37.9 Å². The number of hydrogen-bond acceptors (Lipinski definition) is 4. The highest BCUT2D eigenvalue weighted by Gasteiger charge is 2.19. The standard InChI is InChI=1S/C15H22N2O2/c1-4-15(2,3)11-5-7-12(8-6-11)18-10-13-9-17-14(16)19-13/h5-8,13H,4,9-10H2,1-3H3,(H2,16,17)/t13-/m0/s1. The first-order valence-electron chi connectivity index (χ1n) is 6.71. The van der Waals surface area contributed by atoms with Gasteiger partial charge in [-0.2, -0.15) is 0 Å². The summed E-state index contributed by atoms with van der Waals surface area (Å²) in [6.45, 7) is 7.74. The van der Waals surface area contributed by atoms with Crippen molar-refractivity contribution in [3.05, 3.63) is 29.8 Å². The summed E-state index contributed by atoms with van der Waals surface area (Å²) in [4.78, 5) is 3.98. The molecule has 1 heterocycles. The summed E-state index contributed by atoms with van der Waals surface area (Å²) in [5.41, 5.74) is 6.98. The molecule has 0 aromatic heterocycles. The van der Waals surface area contributed by atoms with Gasteiger partial charge in [-0.1, -0.05) is 32.9 Å². The molecule has 1 aromatic rings. The van der Waals surface area contributed by atoms with E-state index < -0.39 is 0 Å². The van der Waals surface area contributed by atoms with Crippen LogP contribution < -0.4 is 10.5 Å². The summed E-state index contributed by atoms with van der Waals surface area (Å²) in [5, 5.41) is 0. The SMILES string of the molecule is CCC(C)(C)c1ccc(OC[C@@H]2CN=C(N)O2)cc1. The van der Waals surface area contributed by atoms with Gasteiger partial charge in [-0.25, -0.2) is 4.99 Å². The number of aliphatic imine (C=N–C) groups is 1. The lowest BCUT2D eigenvalue weighted by Crippen LogP contribution is -2.24. The maximum absolute atomic E-state index is 5.69. The van der Waals surface area contributed by atoms with Crippen LogP contribution in [0.25, 0.3) is 0 Å². The Labute approximate surface area is 114 Å². The molecule has 0 radical (unpaired) electrons. The topological polar surface area (TPSA) is 56.8 Å². The van der Waals surface area contributed by atoms with Gasteiger partial charge in [-0.05, 0) is 29.5 Å². The Morgan fingerprint density at radius 3 is 2.58 bits per heavy atom. The van der Waals surface area contributed by atoms with E-state index in [9.17, 15) is 0 Å². The molecule has 0 unspecified atom stereocenters. The third-order valence-corrected chi connectivity index (χ3v) is 3.69. The summed E-state index contributed by atoms with van der Waals surface area (Å²) >= 11 is 0. The first kappa shape index (κ1) is 13.7. The average molecular weight is 262 g/mol. The number of rotatable bonds is 5. The highest BCUT2D eigenvalue weighted by atomic mass is 16.5. The lowest BCUT2D eigenvalue weighted by atomic mass is 9.82. The zero-order chi connectivity index (χ0) is 13.9. The molecule has 1 aliphatic rings. The number of nitrogens with two attached hydrogens (primary N) is 1. The smallest absolute Gasteiger partial charge is 0.282 e. The van der Waals surface area contributed by atoms with Crippen LogP contribution in [0.2, 0.25) is 0 Å². The molecule has 0 saturated heterocycles. The molecular formula is C15H22N2O2. The number of nitrogens with zero attached hydrogens (tertiary/aromatic N) is 1. The van der Waals surface area contributed by atoms with Crippen LogP contribution in [0.4, 0.5) is 0 Å². The predicted molar refractivity (Wildman–Crippen MR) is 76.6 cm³/mol. The summed E-state index contributed by atoms with van der Waals surface area (Å²) in [6, 6.07) is 8.52. The van der Waals surface area contributed by atoms with Gasteiger partial charge < -0.3 is 15.2 Å². The highest BCUT2D eigenvalue weighted by Crippen LogP contribution is 2.28. The molecule has 0 bridgehead atoms. The van der Waals surface area contributed by atoms with Gasteiger partial charge in [-0.15, -0.1) is 0 Å². The fourth-order valence-electron chi connectivity index (χ4n) is 1.92. The molecule has 1 aliphatic heterocycles. The Kier molecular flexibility index (Phi) is 3.98. The van der Waals surface area contributed by atoms with Gasteiger partial charge in [0.1, 0.15) is 12.4 Å². The maximum atomic E-state index is 5.69. The summed E-state index contributed by atoms with van der Waals surface area (Å²) in [6.07, 6.45) is 1.05. The van der Waals surface area contributed by atoms with Crippen LogP contribution in [0.5, 0.6) is 5.75 Å². The molecule has 0 saturated carbocycles. The minimum Gasteiger partial charge on any atom is -0.490 e. The van der Waals surface area contributed by atoms with Crippen molar-refractivity contribution in [2.24, 2.45) is 10.7 Å². The third kappa shape index (κ3) is 3.40. The van der Waals surface area contributed by atoms with Crippen molar-refractivity contribution >= 4 is 6.02 Å². The minimum atomic E-state index is -0.0632. The van der Waals surface area contributed by atoms with Crippen LogP contribution in [0.1, 0.15) is 32.8 Å². The van der Waals surface area contributed by atoms with Gasteiger partial charge in [0.25, 0.3) is 6.02 Å². The number of amidine groups is 1. The first-order chi connectivity index (χ1) is 9.01. The Bertz CT molecular complexity index is 452. The van der Waals surface area contributed by atoms with Crippen molar-refractivity contribution in [3.8, 4) is 5.75 Å². The van der Waals surface area contributed by atoms with E-state index >= 15 is 0 Å². The van der Waals surface area contributed by atoms with Crippen LogP contribution in [-0.2, 0) is 10.2 Å². The van der Waals surface area contributed by atoms with Crippen LogP contribution in [-0.4, -0.2) is 25.3 Å². The predicted octanol–water partition coefficient (Wildman–Crippen LogP) is 2.47. The Balaban J connectivity index is 1.89. The lowest BCUT2D eigenvalue weighted by Gasteiger charge is -2.23. The molecule has 2 N–H and O–H groups in total. The van der Waals surface area contributed by atoms with Crippen LogP contribution >= 0.6 is 0 Å². The molecule has 0 spiro atoms. The number of benzene rings is 1. The number of ether oxygens (including phenoxy) is 2. The van der Waals surface area contributed by atoms with Crippen molar-refractivity contribution in [3.63, 3.8) is 0 Å². The van der Waals surface area contributed by atoms with Crippen molar-refractivity contribution in [1.29, 1.82) is 0 Å². The zero-order valence-corrected chi connectivity index (χ0v) is 11.8. The maximum Gasteiger partial charge on any atom is 0.282 e. The Hall–Kier alpha value is -1.71. The monoisotopic (exact) mass is 262 g/mol. The Morgan fingerprint density at radius 1 is 1.37 bits per heavy atom. The van der Waals surface area contributed by atoms with E-state index in [0.717, 1.165) is 12.2 Å². The van der Waals surface area contributed by atoms with Gasteiger partial charge in [0.2, 0.25) is 0 Å². The van der Waals surface area contributed by atoms with Crippen molar-refractivity contribution in [1.82, 2.24) is 0 Å². The third-order valence-electron chi connectivity index (χ3n) is 3.69. The molecule has 0 aliphatic carbocycles. The van der Waals surface area contributed by atoms with Crippen molar-refractivity contribution < 1.29 is 9.47 Å². The van der Waals surface area contributed by atoms with Crippen molar-refractivity contribution in [2.75, 3.05) is 13.2 Å². The summed E-state index contributed by atoms with van der Waals surface area (Å²) in [5.74, 6) is 0.852. The Morgan fingerprint density at radius 2 is 2.05 bits per heavy atom. The van der Waals surface area contributed by atoms with Gasteiger partial charge in [0.15, 0.2) is 6.10 Å². The molecule has 19 heavy (non-hydrogen) atoms. The molecular weight excluding hydrogens is 240 g/mol. The molecule has 0 amide bonds. The molecule has 0 fully saturated rings. The van der Waals surface area contributed by atoms with E-state index in [1.807, 2.05) is 12.1 Å². The van der Waals surface area contributed by atoms with E-state index in [0.29, 0.717) is 13.2 Å². The fraction of sp³-hybridized carbons (Fsp3) is 0.533. The lowest BCUT2D eigenvalue weighted by molar-refractivity contribution is 0.141. The zero-order valence-electron chi connectivity index (χ0n) is 11.8. The highest BCUT2D eigenvalue weighted by molar-refractivity contribution is 5.73. The molecule has 2 rings (SSSR count). The second-order valence-electron chi connectivity index (χ2n) is 5.49. The molecule has 1 atom stereocenters. The summed E-state index contributed by atoms with van der Waals surface area (Å²) < 4.78 is 11.0. The molecule has 104 valence electrons. The van der Waals surface area contributed by atoms with Gasteiger partial charge in [0.05, 0.1) is 6.54 Å². The molecule has 1 aromatic carbocycles. The minimum absolute atomic E-state index is 0.0632.